The highest BCUT2D eigenvalue weighted by Crippen LogP contribution is 2.25. The average Bonchev–Trinajstić information content (AvgIpc) is 2.39. The third-order valence-electron chi connectivity index (χ3n) is 2.94. The number of hydrogen-bond donors (Lipinski definition) is 1. The summed E-state index contributed by atoms with van der Waals surface area (Å²) >= 11 is 0. The lowest BCUT2D eigenvalue weighted by atomic mass is 10.1. The van der Waals surface area contributed by atoms with Crippen molar-refractivity contribution in [2.45, 2.75) is 47.0 Å². The molecule has 102 valence electrons. The fourth-order valence-electron chi connectivity index (χ4n) is 2.16. The second-order valence-electron chi connectivity index (χ2n) is 4.38. The van der Waals surface area contributed by atoms with Gasteiger partial charge in [-0.1, -0.05) is 20.3 Å². The van der Waals surface area contributed by atoms with Crippen molar-refractivity contribution in [1.29, 1.82) is 0 Å². The summed E-state index contributed by atoms with van der Waals surface area (Å²) in [5.41, 5.74) is 1.26. The molecule has 4 nitrogen and oxygen atoms in total. The zero-order valence-corrected chi connectivity index (χ0v) is 12.2. The molecule has 0 fully saturated rings. The highest BCUT2D eigenvalue weighted by Gasteiger charge is 2.14. The van der Waals surface area contributed by atoms with E-state index in [1.54, 1.807) is 6.33 Å². The van der Waals surface area contributed by atoms with E-state index >= 15 is 0 Å². The van der Waals surface area contributed by atoms with Crippen LogP contribution in [0.4, 0.5) is 11.6 Å². The maximum atomic E-state index is 4.50. The summed E-state index contributed by atoms with van der Waals surface area (Å²) < 4.78 is 0. The number of aromatic nitrogens is 2. The molecular weight excluding hydrogens is 224 g/mol. The van der Waals surface area contributed by atoms with Gasteiger partial charge in [0, 0.05) is 25.2 Å². The molecule has 18 heavy (non-hydrogen) atoms. The maximum Gasteiger partial charge on any atom is 0.137 e. The van der Waals surface area contributed by atoms with E-state index in [0.29, 0.717) is 0 Å². The largest absolute Gasteiger partial charge is 0.370 e. The van der Waals surface area contributed by atoms with Gasteiger partial charge in [-0.25, -0.2) is 9.97 Å². The number of hydrogen-bond acceptors (Lipinski definition) is 4. The maximum absolute atomic E-state index is 4.50. The molecule has 1 heterocycles. The van der Waals surface area contributed by atoms with E-state index in [1.807, 2.05) is 0 Å². The second kappa shape index (κ2) is 7.90. The van der Waals surface area contributed by atoms with Crippen molar-refractivity contribution in [3.63, 3.8) is 0 Å². The van der Waals surface area contributed by atoms with Crippen LogP contribution in [-0.4, -0.2) is 29.6 Å². The van der Waals surface area contributed by atoms with Crippen LogP contribution in [0.5, 0.6) is 0 Å². The summed E-state index contributed by atoms with van der Waals surface area (Å²) in [4.78, 5) is 11.2. The van der Waals surface area contributed by atoms with Gasteiger partial charge in [0.15, 0.2) is 0 Å². The van der Waals surface area contributed by atoms with E-state index in [-0.39, 0.29) is 0 Å². The predicted octanol–water partition coefficient (Wildman–Crippen LogP) is 3.10. The first-order chi connectivity index (χ1) is 8.78. The van der Waals surface area contributed by atoms with Crippen molar-refractivity contribution in [1.82, 2.24) is 9.97 Å². The summed E-state index contributed by atoms with van der Waals surface area (Å²) in [5.74, 6) is 2.10. The van der Waals surface area contributed by atoms with Crippen LogP contribution in [0.1, 0.15) is 46.1 Å². The topological polar surface area (TPSA) is 41.1 Å². The fourth-order valence-corrected chi connectivity index (χ4v) is 2.16. The number of nitrogens with one attached hydrogen (secondary N) is 1. The Morgan fingerprint density at radius 2 is 1.89 bits per heavy atom. The van der Waals surface area contributed by atoms with Gasteiger partial charge in [0.25, 0.3) is 0 Å². The highest BCUT2D eigenvalue weighted by molar-refractivity contribution is 5.58. The van der Waals surface area contributed by atoms with Crippen molar-refractivity contribution < 1.29 is 0 Å². The Hall–Kier alpha value is -1.32. The van der Waals surface area contributed by atoms with Crippen LogP contribution in [0.15, 0.2) is 6.33 Å². The SMILES string of the molecule is CCCc1c(NCC)ncnc1N(CC)CCC. The first kappa shape index (κ1) is 14.7. The van der Waals surface area contributed by atoms with Gasteiger partial charge in [-0.05, 0) is 26.7 Å². The Bertz CT molecular complexity index is 352. The fraction of sp³-hybridized carbons (Fsp3) is 0.714. The monoisotopic (exact) mass is 250 g/mol. The molecule has 0 aromatic carbocycles. The van der Waals surface area contributed by atoms with Crippen LogP contribution >= 0.6 is 0 Å². The molecule has 1 aromatic heterocycles. The summed E-state index contributed by atoms with van der Waals surface area (Å²) in [5, 5.41) is 3.34. The third-order valence-corrected chi connectivity index (χ3v) is 2.94. The molecule has 0 aliphatic carbocycles. The lowest BCUT2D eigenvalue weighted by molar-refractivity contribution is 0.762. The molecule has 0 atom stereocenters. The molecule has 1 rings (SSSR count). The highest BCUT2D eigenvalue weighted by atomic mass is 15.2. The predicted molar refractivity (Wildman–Crippen MR) is 78.4 cm³/mol. The lowest BCUT2D eigenvalue weighted by Gasteiger charge is -2.25. The first-order valence-electron chi connectivity index (χ1n) is 7.11. The van der Waals surface area contributed by atoms with Crippen molar-refractivity contribution in [3.05, 3.63) is 11.9 Å². The van der Waals surface area contributed by atoms with E-state index in [1.165, 1.54) is 5.56 Å². The quantitative estimate of drug-likeness (QED) is 0.769. The van der Waals surface area contributed by atoms with E-state index in [2.05, 4.69) is 47.9 Å². The van der Waals surface area contributed by atoms with Crippen LogP contribution < -0.4 is 10.2 Å². The van der Waals surface area contributed by atoms with Gasteiger partial charge in [0.05, 0.1) is 0 Å². The minimum atomic E-state index is 0.896. The first-order valence-corrected chi connectivity index (χ1v) is 7.11. The summed E-state index contributed by atoms with van der Waals surface area (Å²) in [7, 11) is 0. The molecular formula is C14H26N4. The Morgan fingerprint density at radius 3 is 2.44 bits per heavy atom. The molecule has 0 saturated heterocycles. The molecule has 1 aromatic rings. The number of rotatable bonds is 8. The minimum absolute atomic E-state index is 0.896. The van der Waals surface area contributed by atoms with Crippen molar-refractivity contribution >= 4 is 11.6 Å². The van der Waals surface area contributed by atoms with Gasteiger partial charge in [-0.15, -0.1) is 0 Å². The zero-order valence-electron chi connectivity index (χ0n) is 12.2. The van der Waals surface area contributed by atoms with Crippen LogP contribution in [-0.2, 0) is 6.42 Å². The van der Waals surface area contributed by atoms with Gasteiger partial charge >= 0.3 is 0 Å². The molecule has 0 aliphatic heterocycles. The standard InChI is InChI=1S/C14H26N4/c1-5-9-12-13(15-7-3)16-11-17-14(12)18(8-4)10-6-2/h11H,5-10H2,1-4H3,(H,15,16,17). The zero-order chi connectivity index (χ0) is 13.4. The summed E-state index contributed by atoms with van der Waals surface area (Å²) in [6.45, 7) is 11.6. The molecule has 0 aliphatic rings. The molecule has 0 radical (unpaired) electrons. The van der Waals surface area contributed by atoms with E-state index in [4.69, 9.17) is 0 Å². The normalized spacial score (nSPS) is 10.4. The number of anilines is 2. The van der Waals surface area contributed by atoms with E-state index in [9.17, 15) is 0 Å². The molecule has 1 N–H and O–H groups in total. The van der Waals surface area contributed by atoms with Gasteiger partial charge in [-0.3, -0.25) is 0 Å². The molecule has 4 heteroatoms. The molecule has 0 amide bonds. The minimum Gasteiger partial charge on any atom is -0.370 e. The van der Waals surface area contributed by atoms with E-state index in [0.717, 1.165) is 50.5 Å². The van der Waals surface area contributed by atoms with Gasteiger partial charge in [0.2, 0.25) is 0 Å². The second-order valence-corrected chi connectivity index (χ2v) is 4.38. The molecule has 0 spiro atoms. The molecule has 0 unspecified atom stereocenters. The van der Waals surface area contributed by atoms with Crippen molar-refractivity contribution in [3.8, 4) is 0 Å². The van der Waals surface area contributed by atoms with Crippen molar-refractivity contribution in [2.24, 2.45) is 0 Å². The smallest absolute Gasteiger partial charge is 0.137 e. The van der Waals surface area contributed by atoms with Gasteiger partial charge < -0.3 is 10.2 Å². The van der Waals surface area contributed by atoms with Gasteiger partial charge in [-0.2, -0.15) is 0 Å². The van der Waals surface area contributed by atoms with Gasteiger partial charge in [0.1, 0.15) is 18.0 Å². The third kappa shape index (κ3) is 3.59. The average molecular weight is 250 g/mol. The van der Waals surface area contributed by atoms with Crippen LogP contribution in [0.25, 0.3) is 0 Å². The van der Waals surface area contributed by atoms with Crippen molar-refractivity contribution in [2.75, 3.05) is 29.9 Å². The van der Waals surface area contributed by atoms with Crippen LogP contribution in [0.2, 0.25) is 0 Å². The Kier molecular flexibility index (Phi) is 6.47. The van der Waals surface area contributed by atoms with Crippen LogP contribution in [0, 0.1) is 0 Å². The Labute approximate surface area is 111 Å². The molecule has 0 saturated carbocycles. The number of nitrogens with zero attached hydrogens (tertiary/aromatic N) is 3. The molecule has 0 bridgehead atoms. The Morgan fingerprint density at radius 1 is 1.11 bits per heavy atom. The van der Waals surface area contributed by atoms with Crippen LogP contribution in [0.3, 0.4) is 0 Å². The summed E-state index contributed by atoms with van der Waals surface area (Å²) in [6, 6.07) is 0. The Balaban J connectivity index is 3.10. The lowest BCUT2D eigenvalue weighted by Crippen LogP contribution is -2.26. The summed E-state index contributed by atoms with van der Waals surface area (Å²) in [6.07, 6.45) is 4.95. The van der Waals surface area contributed by atoms with E-state index < -0.39 is 0 Å².